The molecule has 3 heterocycles. The van der Waals surface area contributed by atoms with Gasteiger partial charge in [0.2, 0.25) is 5.91 Å². The first-order valence-electron chi connectivity index (χ1n) is 14.3. The lowest BCUT2D eigenvalue weighted by Gasteiger charge is -2.35. The van der Waals surface area contributed by atoms with Gasteiger partial charge in [0.15, 0.2) is 5.76 Å². The number of hydrogen-bond donors (Lipinski definition) is 0. The molecule has 2 aromatic heterocycles. The van der Waals surface area contributed by atoms with Crippen LogP contribution >= 0.6 is 0 Å². The number of carbonyl (C=O) groups is 2. The fourth-order valence-electron chi connectivity index (χ4n) is 5.77. The second kappa shape index (κ2) is 12.5. The Kier molecular flexibility index (Phi) is 8.59. The summed E-state index contributed by atoms with van der Waals surface area (Å²) < 4.78 is 13.4. The van der Waals surface area contributed by atoms with E-state index in [1.165, 1.54) is 0 Å². The SMILES string of the molecule is CCCN(Cc1cccn1Cc1ccc(C(=O)N2CCN(c3ccc(OC)cc3)CC2)o1)C(=O)C1CCCC1. The van der Waals surface area contributed by atoms with Gasteiger partial charge in [-0.1, -0.05) is 19.8 Å². The molecule has 0 unspecified atom stereocenters. The number of ether oxygens (including phenoxy) is 1. The van der Waals surface area contributed by atoms with E-state index in [1.54, 1.807) is 13.2 Å². The Morgan fingerprint density at radius 1 is 1.00 bits per heavy atom. The number of amides is 2. The van der Waals surface area contributed by atoms with Crippen molar-refractivity contribution in [2.75, 3.05) is 44.7 Å². The lowest BCUT2D eigenvalue weighted by Crippen LogP contribution is -2.48. The zero-order valence-electron chi connectivity index (χ0n) is 23.2. The highest BCUT2D eigenvalue weighted by molar-refractivity contribution is 5.91. The number of nitrogens with zero attached hydrogens (tertiary/aromatic N) is 4. The van der Waals surface area contributed by atoms with E-state index in [1.807, 2.05) is 40.3 Å². The molecule has 208 valence electrons. The van der Waals surface area contributed by atoms with E-state index in [4.69, 9.17) is 9.15 Å². The Morgan fingerprint density at radius 2 is 1.74 bits per heavy atom. The first-order valence-corrected chi connectivity index (χ1v) is 14.3. The van der Waals surface area contributed by atoms with Crippen molar-refractivity contribution >= 4 is 17.5 Å². The zero-order chi connectivity index (χ0) is 27.2. The third-order valence-corrected chi connectivity index (χ3v) is 7.99. The average molecular weight is 533 g/mol. The predicted octanol–water partition coefficient (Wildman–Crippen LogP) is 5.03. The largest absolute Gasteiger partial charge is 0.497 e. The third-order valence-electron chi connectivity index (χ3n) is 7.99. The Balaban J connectivity index is 1.17. The Morgan fingerprint density at radius 3 is 2.44 bits per heavy atom. The maximum atomic E-state index is 13.2. The van der Waals surface area contributed by atoms with Crippen molar-refractivity contribution in [3.05, 3.63) is 71.9 Å². The van der Waals surface area contributed by atoms with Crippen molar-refractivity contribution < 1.29 is 18.7 Å². The fraction of sp³-hybridized carbons (Fsp3) is 0.484. The Hall–Kier alpha value is -3.68. The second-order valence-corrected chi connectivity index (χ2v) is 10.6. The molecule has 0 bridgehead atoms. The number of benzene rings is 1. The lowest BCUT2D eigenvalue weighted by molar-refractivity contribution is -0.136. The molecule has 0 N–H and O–H groups in total. The summed E-state index contributed by atoms with van der Waals surface area (Å²) in [6.07, 6.45) is 7.30. The van der Waals surface area contributed by atoms with Crippen molar-refractivity contribution in [3.63, 3.8) is 0 Å². The van der Waals surface area contributed by atoms with E-state index < -0.39 is 0 Å². The van der Waals surface area contributed by atoms with Crippen LogP contribution in [-0.4, -0.2) is 66.0 Å². The summed E-state index contributed by atoms with van der Waals surface area (Å²) in [4.78, 5) is 32.5. The number of methoxy groups -OCH3 is 1. The summed E-state index contributed by atoms with van der Waals surface area (Å²) in [6, 6.07) is 15.8. The van der Waals surface area contributed by atoms with E-state index >= 15 is 0 Å². The van der Waals surface area contributed by atoms with Crippen LogP contribution in [0.15, 0.2) is 59.1 Å². The van der Waals surface area contributed by atoms with Gasteiger partial charge in [-0.15, -0.1) is 0 Å². The van der Waals surface area contributed by atoms with Gasteiger partial charge in [-0.05, 0) is 67.8 Å². The minimum Gasteiger partial charge on any atom is -0.497 e. The normalized spacial score (nSPS) is 16.1. The number of aromatic nitrogens is 1. The first-order chi connectivity index (χ1) is 19.1. The Bertz CT molecular complexity index is 1230. The topological polar surface area (TPSA) is 71.2 Å². The quantitative estimate of drug-likeness (QED) is 0.366. The first kappa shape index (κ1) is 26.9. The maximum Gasteiger partial charge on any atom is 0.289 e. The third kappa shape index (κ3) is 6.32. The van der Waals surface area contributed by atoms with Crippen LogP contribution in [0.2, 0.25) is 0 Å². The molecule has 8 nitrogen and oxygen atoms in total. The fourth-order valence-corrected chi connectivity index (χ4v) is 5.77. The summed E-state index contributed by atoms with van der Waals surface area (Å²) in [5.74, 6) is 2.35. The lowest BCUT2D eigenvalue weighted by atomic mass is 10.1. The van der Waals surface area contributed by atoms with Gasteiger partial charge in [-0.25, -0.2) is 0 Å². The van der Waals surface area contributed by atoms with Crippen molar-refractivity contribution in [1.82, 2.24) is 14.4 Å². The van der Waals surface area contributed by atoms with Gasteiger partial charge in [0.25, 0.3) is 5.91 Å². The van der Waals surface area contributed by atoms with Crippen LogP contribution in [0.25, 0.3) is 0 Å². The predicted molar refractivity (Wildman–Crippen MR) is 151 cm³/mol. The molecule has 39 heavy (non-hydrogen) atoms. The van der Waals surface area contributed by atoms with E-state index in [2.05, 4.69) is 34.6 Å². The van der Waals surface area contributed by atoms with Crippen molar-refractivity contribution in [2.24, 2.45) is 5.92 Å². The molecule has 8 heteroatoms. The molecule has 2 amide bonds. The Labute approximate surface area is 231 Å². The molecule has 1 aromatic carbocycles. The standard InChI is InChI=1S/C31H40N4O4/c1-3-16-35(30(36)24-7-4-5-8-24)22-26-9-6-17-34(26)23-28-14-15-29(39-28)31(37)33-20-18-32(19-21-33)25-10-12-27(38-2)13-11-25/h6,9-15,17,24H,3-5,7-8,16,18-23H2,1-2H3. The number of furan rings is 1. The molecular weight excluding hydrogens is 492 g/mol. The van der Waals surface area contributed by atoms with Crippen LogP contribution in [0.5, 0.6) is 5.75 Å². The smallest absolute Gasteiger partial charge is 0.289 e. The van der Waals surface area contributed by atoms with E-state index in [9.17, 15) is 9.59 Å². The molecule has 1 saturated carbocycles. The van der Waals surface area contributed by atoms with Gasteiger partial charge in [-0.3, -0.25) is 9.59 Å². The minimum absolute atomic E-state index is 0.0698. The number of carbonyl (C=O) groups excluding carboxylic acids is 2. The highest BCUT2D eigenvalue weighted by Crippen LogP contribution is 2.27. The van der Waals surface area contributed by atoms with Gasteiger partial charge in [0.1, 0.15) is 11.5 Å². The van der Waals surface area contributed by atoms with Gasteiger partial charge in [0, 0.05) is 56.2 Å². The molecule has 2 aliphatic rings. The van der Waals surface area contributed by atoms with E-state index in [0.29, 0.717) is 37.8 Å². The minimum atomic E-state index is -0.0698. The number of rotatable bonds is 10. The van der Waals surface area contributed by atoms with Gasteiger partial charge >= 0.3 is 0 Å². The summed E-state index contributed by atoms with van der Waals surface area (Å²) in [5.41, 5.74) is 2.21. The number of piperazine rings is 1. The molecular formula is C31H40N4O4. The molecule has 0 atom stereocenters. The van der Waals surface area contributed by atoms with Crippen LogP contribution < -0.4 is 9.64 Å². The van der Waals surface area contributed by atoms with Gasteiger partial charge in [-0.2, -0.15) is 0 Å². The molecule has 5 rings (SSSR count). The van der Waals surface area contributed by atoms with Crippen LogP contribution in [0, 0.1) is 5.92 Å². The highest BCUT2D eigenvalue weighted by Gasteiger charge is 2.28. The van der Waals surface area contributed by atoms with Crippen LogP contribution in [0.1, 0.15) is 61.0 Å². The van der Waals surface area contributed by atoms with Crippen molar-refractivity contribution in [1.29, 1.82) is 0 Å². The zero-order valence-corrected chi connectivity index (χ0v) is 23.2. The van der Waals surface area contributed by atoms with Crippen molar-refractivity contribution in [2.45, 2.75) is 52.1 Å². The number of hydrogen-bond acceptors (Lipinski definition) is 5. The average Bonchev–Trinajstić information content (AvgIpc) is 3.76. The van der Waals surface area contributed by atoms with E-state index in [-0.39, 0.29) is 11.8 Å². The summed E-state index contributed by atoms with van der Waals surface area (Å²) in [7, 11) is 1.66. The molecule has 2 fully saturated rings. The van der Waals surface area contributed by atoms with Crippen LogP contribution in [0.3, 0.4) is 0 Å². The monoisotopic (exact) mass is 532 g/mol. The molecule has 0 spiro atoms. The number of anilines is 1. The van der Waals surface area contributed by atoms with Gasteiger partial charge < -0.3 is 28.4 Å². The molecule has 1 aliphatic carbocycles. The summed E-state index contributed by atoms with van der Waals surface area (Å²) in [6.45, 7) is 6.84. The van der Waals surface area contributed by atoms with Crippen molar-refractivity contribution in [3.8, 4) is 5.75 Å². The van der Waals surface area contributed by atoms with Crippen LogP contribution in [0.4, 0.5) is 5.69 Å². The van der Waals surface area contributed by atoms with Gasteiger partial charge in [0.05, 0.1) is 20.2 Å². The molecule has 1 aliphatic heterocycles. The molecule has 0 radical (unpaired) electrons. The maximum absolute atomic E-state index is 13.2. The van der Waals surface area contributed by atoms with E-state index in [0.717, 1.165) is 74.6 Å². The highest BCUT2D eigenvalue weighted by atomic mass is 16.5. The second-order valence-electron chi connectivity index (χ2n) is 10.6. The summed E-state index contributed by atoms with van der Waals surface area (Å²) >= 11 is 0. The summed E-state index contributed by atoms with van der Waals surface area (Å²) in [5, 5.41) is 0. The molecule has 1 saturated heterocycles. The molecule has 3 aromatic rings. The van der Waals surface area contributed by atoms with Crippen LogP contribution in [-0.2, 0) is 17.9 Å².